The van der Waals surface area contributed by atoms with Gasteiger partial charge >= 0.3 is 0 Å². The van der Waals surface area contributed by atoms with Gasteiger partial charge in [0, 0.05) is 28.7 Å². The Morgan fingerprint density at radius 1 is 1.33 bits per heavy atom. The lowest BCUT2D eigenvalue weighted by Gasteiger charge is -2.17. The van der Waals surface area contributed by atoms with Crippen molar-refractivity contribution in [2.24, 2.45) is 5.73 Å². The SMILES string of the molecule is COc1ccc(C(N)CSC(C)CO)c(OC)c1. The van der Waals surface area contributed by atoms with Crippen molar-refractivity contribution in [1.29, 1.82) is 0 Å². The van der Waals surface area contributed by atoms with Crippen molar-refractivity contribution in [2.75, 3.05) is 26.6 Å². The van der Waals surface area contributed by atoms with E-state index < -0.39 is 0 Å². The Morgan fingerprint density at radius 2 is 2.06 bits per heavy atom. The molecule has 3 N–H and O–H groups in total. The molecule has 4 nitrogen and oxygen atoms in total. The molecule has 0 saturated heterocycles. The van der Waals surface area contributed by atoms with Gasteiger partial charge in [-0.05, 0) is 6.07 Å². The molecule has 0 saturated carbocycles. The zero-order chi connectivity index (χ0) is 13.5. The van der Waals surface area contributed by atoms with Crippen LogP contribution in [0.25, 0.3) is 0 Å². The van der Waals surface area contributed by atoms with Gasteiger partial charge in [-0.2, -0.15) is 11.8 Å². The van der Waals surface area contributed by atoms with Crippen molar-refractivity contribution in [2.45, 2.75) is 18.2 Å². The van der Waals surface area contributed by atoms with Gasteiger partial charge in [0.05, 0.1) is 20.8 Å². The number of ether oxygens (including phenoxy) is 2. The molecule has 1 aromatic rings. The number of rotatable bonds is 7. The summed E-state index contributed by atoms with van der Waals surface area (Å²) in [6, 6.07) is 5.50. The molecule has 0 radical (unpaired) electrons. The minimum Gasteiger partial charge on any atom is -0.497 e. The number of thioether (sulfide) groups is 1. The molecule has 18 heavy (non-hydrogen) atoms. The van der Waals surface area contributed by atoms with Gasteiger partial charge < -0.3 is 20.3 Å². The highest BCUT2D eigenvalue weighted by atomic mass is 32.2. The number of nitrogens with two attached hydrogens (primary N) is 1. The van der Waals surface area contributed by atoms with Crippen LogP contribution < -0.4 is 15.2 Å². The lowest BCUT2D eigenvalue weighted by molar-refractivity contribution is 0.300. The van der Waals surface area contributed by atoms with Crippen LogP contribution in [-0.2, 0) is 0 Å². The molecule has 0 heterocycles. The topological polar surface area (TPSA) is 64.7 Å². The van der Waals surface area contributed by atoms with Gasteiger partial charge in [-0.3, -0.25) is 0 Å². The third kappa shape index (κ3) is 4.08. The van der Waals surface area contributed by atoms with E-state index in [0.717, 1.165) is 22.8 Å². The van der Waals surface area contributed by atoms with E-state index >= 15 is 0 Å². The molecular formula is C13H21NO3S. The van der Waals surface area contributed by atoms with Crippen molar-refractivity contribution in [3.8, 4) is 11.5 Å². The number of aliphatic hydroxyl groups excluding tert-OH is 1. The van der Waals surface area contributed by atoms with Crippen molar-refractivity contribution in [3.05, 3.63) is 23.8 Å². The van der Waals surface area contributed by atoms with Gasteiger partial charge in [0.2, 0.25) is 0 Å². The molecule has 0 spiro atoms. The summed E-state index contributed by atoms with van der Waals surface area (Å²) >= 11 is 1.65. The minimum atomic E-state index is -0.121. The van der Waals surface area contributed by atoms with Crippen LogP contribution in [-0.4, -0.2) is 36.9 Å². The summed E-state index contributed by atoms with van der Waals surface area (Å²) in [6.07, 6.45) is 0. The number of methoxy groups -OCH3 is 2. The minimum absolute atomic E-state index is 0.121. The highest BCUT2D eigenvalue weighted by Gasteiger charge is 2.14. The number of hydrogen-bond acceptors (Lipinski definition) is 5. The van der Waals surface area contributed by atoms with Crippen molar-refractivity contribution in [1.82, 2.24) is 0 Å². The summed E-state index contributed by atoms with van der Waals surface area (Å²) in [4.78, 5) is 0. The van der Waals surface area contributed by atoms with Crippen molar-refractivity contribution < 1.29 is 14.6 Å². The zero-order valence-electron chi connectivity index (χ0n) is 11.1. The maximum atomic E-state index is 8.98. The van der Waals surface area contributed by atoms with Crippen molar-refractivity contribution >= 4 is 11.8 Å². The Hall–Kier alpha value is -0.910. The maximum absolute atomic E-state index is 8.98. The first-order valence-corrected chi connectivity index (χ1v) is 6.87. The average Bonchev–Trinajstić information content (AvgIpc) is 2.43. The predicted octanol–water partition coefficient (Wildman–Crippen LogP) is 1.82. The molecule has 2 unspecified atom stereocenters. The summed E-state index contributed by atoms with van der Waals surface area (Å²) in [5.74, 6) is 2.23. The largest absolute Gasteiger partial charge is 0.497 e. The second-order valence-electron chi connectivity index (χ2n) is 4.04. The summed E-state index contributed by atoms with van der Waals surface area (Å²) in [6.45, 7) is 2.14. The first-order valence-electron chi connectivity index (χ1n) is 5.82. The van der Waals surface area contributed by atoms with Crippen LogP contribution in [0.4, 0.5) is 0 Å². The molecule has 1 rings (SSSR count). The molecular weight excluding hydrogens is 250 g/mol. The normalized spacial score (nSPS) is 14.1. The van der Waals surface area contributed by atoms with Crippen LogP contribution in [0.15, 0.2) is 18.2 Å². The quantitative estimate of drug-likeness (QED) is 0.792. The number of aliphatic hydroxyl groups is 1. The molecule has 0 aliphatic rings. The molecule has 0 fully saturated rings. The van der Waals surface area contributed by atoms with E-state index in [9.17, 15) is 0 Å². The zero-order valence-corrected chi connectivity index (χ0v) is 11.9. The Morgan fingerprint density at radius 3 is 2.61 bits per heavy atom. The van der Waals surface area contributed by atoms with Gasteiger partial charge in [-0.1, -0.05) is 13.0 Å². The van der Waals surface area contributed by atoms with E-state index in [0.29, 0.717) is 0 Å². The lowest BCUT2D eigenvalue weighted by atomic mass is 10.1. The van der Waals surface area contributed by atoms with Gasteiger partial charge in [0.25, 0.3) is 0 Å². The van der Waals surface area contributed by atoms with Crippen LogP contribution in [0.3, 0.4) is 0 Å². The Bertz CT molecular complexity index is 373. The van der Waals surface area contributed by atoms with E-state index in [1.54, 1.807) is 26.0 Å². The highest BCUT2D eigenvalue weighted by molar-refractivity contribution is 7.99. The summed E-state index contributed by atoms with van der Waals surface area (Å²) in [5.41, 5.74) is 7.10. The summed E-state index contributed by atoms with van der Waals surface area (Å²) in [5, 5.41) is 9.18. The summed E-state index contributed by atoms with van der Waals surface area (Å²) < 4.78 is 10.5. The molecule has 0 aliphatic heterocycles. The molecule has 2 atom stereocenters. The van der Waals surface area contributed by atoms with Crippen LogP contribution in [0.2, 0.25) is 0 Å². The lowest BCUT2D eigenvalue weighted by Crippen LogP contribution is -2.16. The van der Waals surface area contributed by atoms with Crippen LogP contribution in [0, 0.1) is 0 Å². The maximum Gasteiger partial charge on any atom is 0.127 e. The van der Waals surface area contributed by atoms with Crippen LogP contribution in [0.5, 0.6) is 11.5 Å². The first kappa shape index (κ1) is 15.1. The fraction of sp³-hybridized carbons (Fsp3) is 0.538. The molecule has 0 bridgehead atoms. The molecule has 1 aromatic carbocycles. The van der Waals surface area contributed by atoms with E-state index in [-0.39, 0.29) is 17.9 Å². The highest BCUT2D eigenvalue weighted by Crippen LogP contribution is 2.30. The first-order chi connectivity index (χ1) is 8.62. The molecule has 0 aromatic heterocycles. The Labute approximate surface area is 112 Å². The van der Waals surface area contributed by atoms with Gasteiger partial charge in [0.1, 0.15) is 11.5 Å². The number of benzene rings is 1. The van der Waals surface area contributed by atoms with Gasteiger partial charge in [-0.15, -0.1) is 0 Å². The Kier molecular flexibility index (Phi) is 6.32. The van der Waals surface area contributed by atoms with Gasteiger partial charge in [0.15, 0.2) is 0 Å². The summed E-state index contributed by atoms with van der Waals surface area (Å²) in [7, 11) is 3.24. The Balaban J connectivity index is 2.75. The fourth-order valence-corrected chi connectivity index (χ4v) is 2.36. The van der Waals surface area contributed by atoms with Crippen molar-refractivity contribution in [3.63, 3.8) is 0 Å². The van der Waals surface area contributed by atoms with Crippen LogP contribution in [0.1, 0.15) is 18.5 Å². The van der Waals surface area contributed by atoms with E-state index in [1.165, 1.54) is 0 Å². The smallest absolute Gasteiger partial charge is 0.127 e. The van der Waals surface area contributed by atoms with E-state index in [2.05, 4.69) is 0 Å². The fourth-order valence-electron chi connectivity index (χ4n) is 1.54. The molecule has 5 heteroatoms. The predicted molar refractivity (Wildman–Crippen MR) is 75.5 cm³/mol. The third-order valence-electron chi connectivity index (χ3n) is 2.66. The van der Waals surface area contributed by atoms with Crippen LogP contribution >= 0.6 is 11.8 Å². The second kappa shape index (κ2) is 7.51. The number of hydrogen-bond donors (Lipinski definition) is 2. The average molecular weight is 271 g/mol. The van der Waals surface area contributed by atoms with Gasteiger partial charge in [-0.25, -0.2) is 0 Å². The van der Waals surface area contributed by atoms with E-state index in [1.807, 2.05) is 25.1 Å². The third-order valence-corrected chi connectivity index (χ3v) is 3.93. The monoisotopic (exact) mass is 271 g/mol. The molecule has 0 aliphatic carbocycles. The second-order valence-corrected chi connectivity index (χ2v) is 5.51. The standard InChI is InChI=1S/C13H21NO3S/c1-9(7-15)18-8-12(14)11-5-4-10(16-2)6-13(11)17-3/h4-6,9,12,15H,7-8,14H2,1-3H3. The molecule has 0 amide bonds. The molecule has 102 valence electrons. The van der Waals surface area contributed by atoms with E-state index in [4.69, 9.17) is 20.3 Å².